The minimum absolute atomic E-state index is 0.141. The molecule has 0 heterocycles. The van der Waals surface area contributed by atoms with Gasteiger partial charge in [-0.1, -0.05) is 6.42 Å². The maximum Gasteiger partial charge on any atom is 0.306 e. The molecule has 2 aliphatic rings. The van der Waals surface area contributed by atoms with Crippen LogP contribution in [0.3, 0.4) is 0 Å². The van der Waals surface area contributed by atoms with E-state index in [-0.39, 0.29) is 17.5 Å². The third-order valence-electron chi connectivity index (χ3n) is 5.59. The second-order valence-corrected chi connectivity index (χ2v) is 9.81. The van der Waals surface area contributed by atoms with Crippen LogP contribution in [0.4, 0.5) is 5.69 Å². The topological polar surface area (TPSA) is 92.8 Å². The van der Waals surface area contributed by atoms with E-state index in [4.69, 9.17) is 4.74 Å². The van der Waals surface area contributed by atoms with Crippen molar-refractivity contribution in [3.63, 3.8) is 0 Å². The normalized spacial score (nSPS) is 24.2. The average Bonchev–Trinajstić information content (AvgIpc) is 3.23. The van der Waals surface area contributed by atoms with Gasteiger partial charge in [-0.05, 0) is 61.3 Å². The molecule has 2 bridgehead atoms. The van der Waals surface area contributed by atoms with Crippen LogP contribution < -0.4 is 5.32 Å². The number of ether oxygens (including phenoxy) is 1. The smallest absolute Gasteiger partial charge is 0.306 e. The highest BCUT2D eigenvalue weighted by Gasteiger charge is 2.40. The molecule has 0 aromatic heterocycles. The van der Waals surface area contributed by atoms with Gasteiger partial charge >= 0.3 is 5.97 Å². The molecule has 27 heavy (non-hydrogen) atoms. The molecule has 0 unspecified atom stereocenters. The summed E-state index contributed by atoms with van der Waals surface area (Å²) < 4.78 is 30.2. The molecule has 8 heteroatoms. The first-order valence-electron chi connectivity index (χ1n) is 9.24. The molecule has 148 valence electrons. The van der Waals surface area contributed by atoms with Crippen LogP contribution in [-0.2, 0) is 24.3 Å². The van der Waals surface area contributed by atoms with Crippen LogP contribution in [0.1, 0.15) is 32.1 Å². The first kappa shape index (κ1) is 19.8. The van der Waals surface area contributed by atoms with Gasteiger partial charge in [0.05, 0.1) is 4.90 Å². The van der Waals surface area contributed by atoms with Crippen molar-refractivity contribution in [2.24, 2.45) is 17.8 Å². The van der Waals surface area contributed by atoms with E-state index in [9.17, 15) is 18.0 Å². The summed E-state index contributed by atoms with van der Waals surface area (Å²) in [6.07, 6.45) is 5.23. The summed E-state index contributed by atoms with van der Waals surface area (Å²) in [5, 5.41) is 2.60. The molecule has 3 atom stereocenters. The lowest BCUT2D eigenvalue weighted by Crippen LogP contribution is -2.23. The number of fused-ring (bicyclic) bond motifs is 2. The van der Waals surface area contributed by atoms with Crippen molar-refractivity contribution in [2.45, 2.75) is 37.0 Å². The third kappa shape index (κ3) is 4.68. The lowest BCUT2D eigenvalue weighted by molar-refractivity contribution is -0.148. The van der Waals surface area contributed by atoms with E-state index in [2.05, 4.69) is 5.32 Å². The fourth-order valence-corrected chi connectivity index (χ4v) is 5.07. The van der Waals surface area contributed by atoms with Crippen LogP contribution in [0.5, 0.6) is 0 Å². The highest BCUT2D eigenvalue weighted by molar-refractivity contribution is 7.89. The molecule has 0 saturated heterocycles. The summed E-state index contributed by atoms with van der Waals surface area (Å²) in [5.74, 6) is 1.06. The van der Waals surface area contributed by atoms with Crippen LogP contribution >= 0.6 is 0 Å². The molecular weight excluding hydrogens is 368 g/mol. The number of benzene rings is 1. The average molecular weight is 394 g/mol. The number of anilines is 1. The highest BCUT2D eigenvalue weighted by atomic mass is 32.2. The van der Waals surface area contributed by atoms with E-state index >= 15 is 0 Å². The van der Waals surface area contributed by atoms with Crippen LogP contribution in [0.15, 0.2) is 29.2 Å². The summed E-state index contributed by atoms with van der Waals surface area (Å²) in [5.41, 5.74) is 0.446. The molecule has 3 rings (SSSR count). The molecule has 2 fully saturated rings. The lowest BCUT2D eigenvalue weighted by atomic mass is 9.86. The summed E-state index contributed by atoms with van der Waals surface area (Å²) in [4.78, 5) is 24.1. The van der Waals surface area contributed by atoms with E-state index in [1.807, 2.05) is 0 Å². The van der Waals surface area contributed by atoms with Crippen LogP contribution in [0.25, 0.3) is 0 Å². The zero-order valence-corrected chi connectivity index (χ0v) is 16.5. The molecule has 1 aromatic carbocycles. The SMILES string of the molecule is CN(C)S(=O)(=O)c1ccc(NC(=O)COC(=O)C[C@@H]2C[C@H]3CC[C@@H]2C3)cc1. The van der Waals surface area contributed by atoms with Crippen molar-refractivity contribution in [1.82, 2.24) is 4.31 Å². The first-order chi connectivity index (χ1) is 12.8. The van der Waals surface area contributed by atoms with Crippen molar-refractivity contribution in [3.8, 4) is 0 Å². The van der Waals surface area contributed by atoms with E-state index < -0.39 is 15.9 Å². The second-order valence-electron chi connectivity index (χ2n) is 7.66. The molecule has 1 amide bonds. The van der Waals surface area contributed by atoms with Gasteiger partial charge in [-0.2, -0.15) is 0 Å². The van der Waals surface area contributed by atoms with Crippen molar-refractivity contribution in [2.75, 3.05) is 26.0 Å². The van der Waals surface area contributed by atoms with E-state index in [1.54, 1.807) is 0 Å². The Kier molecular flexibility index (Phi) is 5.86. The Morgan fingerprint density at radius 1 is 1.15 bits per heavy atom. The minimum atomic E-state index is -3.51. The highest BCUT2D eigenvalue weighted by Crippen LogP contribution is 2.49. The first-order valence-corrected chi connectivity index (χ1v) is 10.7. The number of nitrogens with one attached hydrogen (secondary N) is 1. The Morgan fingerprint density at radius 2 is 1.85 bits per heavy atom. The fourth-order valence-electron chi connectivity index (χ4n) is 4.16. The summed E-state index contributed by atoms with van der Waals surface area (Å²) in [7, 11) is -0.599. The second kappa shape index (κ2) is 7.98. The predicted molar refractivity (Wildman–Crippen MR) is 100 cm³/mol. The molecular formula is C19H26N2O5S. The van der Waals surface area contributed by atoms with E-state index in [1.165, 1.54) is 57.6 Å². The van der Waals surface area contributed by atoms with Crippen LogP contribution in [0.2, 0.25) is 0 Å². The zero-order valence-electron chi connectivity index (χ0n) is 15.7. The maximum atomic E-state index is 12.0. The van der Waals surface area contributed by atoms with Gasteiger partial charge in [0.15, 0.2) is 6.61 Å². The van der Waals surface area contributed by atoms with Gasteiger partial charge in [0.25, 0.3) is 5.91 Å². The van der Waals surface area contributed by atoms with Crippen molar-refractivity contribution >= 4 is 27.6 Å². The van der Waals surface area contributed by atoms with Gasteiger partial charge in [-0.25, -0.2) is 12.7 Å². The van der Waals surface area contributed by atoms with Gasteiger partial charge in [-0.3, -0.25) is 9.59 Å². The Balaban J connectivity index is 1.44. The van der Waals surface area contributed by atoms with Gasteiger partial charge in [0.1, 0.15) is 0 Å². The molecule has 0 radical (unpaired) electrons. The number of hydrogen-bond donors (Lipinski definition) is 1. The number of carbonyl (C=O) groups is 2. The quantitative estimate of drug-likeness (QED) is 0.716. The van der Waals surface area contributed by atoms with Gasteiger partial charge in [-0.15, -0.1) is 0 Å². The predicted octanol–water partition coefficient (Wildman–Crippen LogP) is 2.24. The minimum Gasteiger partial charge on any atom is -0.456 e. The Hall–Kier alpha value is -1.93. The molecule has 2 saturated carbocycles. The number of hydrogen-bond acceptors (Lipinski definition) is 5. The number of esters is 1. The van der Waals surface area contributed by atoms with Gasteiger partial charge in [0.2, 0.25) is 10.0 Å². The van der Waals surface area contributed by atoms with Crippen LogP contribution in [0, 0.1) is 17.8 Å². The van der Waals surface area contributed by atoms with Crippen LogP contribution in [-0.4, -0.2) is 45.3 Å². The number of nitrogens with zero attached hydrogens (tertiary/aromatic N) is 1. The third-order valence-corrected chi connectivity index (χ3v) is 7.42. The Bertz CT molecular complexity index is 804. The molecule has 7 nitrogen and oxygen atoms in total. The van der Waals surface area contributed by atoms with E-state index in [0.29, 0.717) is 23.9 Å². The summed E-state index contributed by atoms with van der Waals surface area (Å²) in [6.45, 7) is -0.336. The standard InChI is InChI=1S/C19H26N2O5S/c1-21(2)27(24,25)17-7-5-16(6-8-17)20-18(22)12-26-19(23)11-15-10-13-3-4-14(15)9-13/h5-8,13-15H,3-4,9-12H2,1-2H3,(H,20,22)/t13-,14+,15-/m0/s1. The lowest BCUT2D eigenvalue weighted by Gasteiger charge is -2.20. The molecule has 0 spiro atoms. The van der Waals surface area contributed by atoms with Gasteiger partial charge in [0, 0.05) is 26.2 Å². The molecule has 1 N–H and O–H groups in total. The molecule has 2 aliphatic carbocycles. The monoisotopic (exact) mass is 394 g/mol. The van der Waals surface area contributed by atoms with Crippen molar-refractivity contribution < 1.29 is 22.7 Å². The number of carbonyl (C=O) groups excluding carboxylic acids is 2. The Labute approximate surface area is 160 Å². The molecule has 1 aromatic rings. The Morgan fingerprint density at radius 3 is 2.41 bits per heavy atom. The number of rotatable bonds is 7. The van der Waals surface area contributed by atoms with Crippen molar-refractivity contribution in [3.05, 3.63) is 24.3 Å². The molecule has 0 aliphatic heterocycles. The largest absolute Gasteiger partial charge is 0.456 e. The number of sulfonamides is 1. The van der Waals surface area contributed by atoms with Crippen molar-refractivity contribution in [1.29, 1.82) is 0 Å². The number of amides is 1. The van der Waals surface area contributed by atoms with Gasteiger partial charge < -0.3 is 10.1 Å². The van der Waals surface area contributed by atoms with E-state index in [0.717, 1.165) is 16.6 Å². The fraction of sp³-hybridized carbons (Fsp3) is 0.579. The maximum absolute atomic E-state index is 12.0. The summed E-state index contributed by atoms with van der Waals surface area (Å²) in [6, 6.07) is 5.86. The zero-order chi connectivity index (χ0) is 19.6. The summed E-state index contributed by atoms with van der Waals surface area (Å²) >= 11 is 0.